The summed E-state index contributed by atoms with van der Waals surface area (Å²) in [5.41, 5.74) is 2.19. The molecule has 0 saturated carbocycles. The lowest BCUT2D eigenvalue weighted by Crippen LogP contribution is -2.44. The molecule has 1 aliphatic rings. The molecule has 0 radical (unpaired) electrons. The van der Waals surface area contributed by atoms with Gasteiger partial charge in [0.2, 0.25) is 10.0 Å². The van der Waals surface area contributed by atoms with E-state index in [4.69, 9.17) is 4.74 Å². The largest absolute Gasteiger partial charge is 0.490 e. The Labute approximate surface area is 179 Å². The van der Waals surface area contributed by atoms with E-state index in [1.54, 1.807) is 23.1 Å². The summed E-state index contributed by atoms with van der Waals surface area (Å²) in [6.45, 7) is 8.27. The van der Waals surface area contributed by atoms with Crippen LogP contribution in [0, 0.1) is 6.92 Å². The maximum Gasteiger partial charge on any atom is 0.215 e. The van der Waals surface area contributed by atoms with Gasteiger partial charge < -0.3 is 15.4 Å². The van der Waals surface area contributed by atoms with Crippen LogP contribution in [0.25, 0.3) is 0 Å². The van der Waals surface area contributed by atoms with Crippen molar-refractivity contribution < 1.29 is 13.2 Å². The van der Waals surface area contributed by atoms with Crippen molar-refractivity contribution in [2.75, 3.05) is 43.9 Å². The van der Waals surface area contributed by atoms with Gasteiger partial charge in [0.05, 0.1) is 11.9 Å². The summed E-state index contributed by atoms with van der Waals surface area (Å²) in [5.74, 6) is 3.24. The molecule has 0 bridgehead atoms. The molecule has 1 aromatic carbocycles. The third-order valence-corrected chi connectivity index (χ3v) is 7.63. The third-order valence-electron chi connectivity index (χ3n) is 4.81. The van der Waals surface area contributed by atoms with Crippen LogP contribution in [0.5, 0.6) is 5.75 Å². The zero-order valence-electron chi connectivity index (χ0n) is 17.9. The van der Waals surface area contributed by atoms with Crippen molar-refractivity contribution in [3.63, 3.8) is 0 Å². The van der Waals surface area contributed by atoms with Crippen molar-refractivity contribution in [3.8, 4) is 5.75 Å². The van der Waals surface area contributed by atoms with Gasteiger partial charge in [-0.05, 0) is 31.9 Å². The van der Waals surface area contributed by atoms with Crippen LogP contribution in [-0.4, -0.2) is 68.7 Å². The van der Waals surface area contributed by atoms with E-state index in [1.165, 1.54) is 0 Å². The molecule has 164 valence electrons. The number of thioether (sulfide) groups is 1. The Morgan fingerprint density at radius 1 is 1.31 bits per heavy atom. The lowest BCUT2D eigenvalue weighted by atomic mass is 10.1. The second-order valence-corrected chi connectivity index (χ2v) is 10.4. The minimum atomic E-state index is -3.23. The highest BCUT2D eigenvalue weighted by Crippen LogP contribution is 2.22. The maximum absolute atomic E-state index is 12.4. The van der Waals surface area contributed by atoms with Crippen molar-refractivity contribution in [1.29, 1.82) is 0 Å². The first kappa shape index (κ1) is 23.8. The first-order chi connectivity index (χ1) is 13.9. The van der Waals surface area contributed by atoms with Crippen LogP contribution in [0.3, 0.4) is 0 Å². The number of hydrogen-bond donors (Lipinski definition) is 2. The number of rotatable bonds is 9. The van der Waals surface area contributed by atoms with Crippen LogP contribution in [0.15, 0.2) is 23.2 Å². The van der Waals surface area contributed by atoms with Crippen LogP contribution < -0.4 is 15.4 Å². The Hall–Kier alpha value is -1.45. The zero-order chi connectivity index (χ0) is 21.3. The highest BCUT2D eigenvalue weighted by Gasteiger charge is 2.23. The summed E-state index contributed by atoms with van der Waals surface area (Å²) in [5, 5.41) is 6.35. The molecule has 1 atom stereocenters. The average molecular weight is 443 g/mol. The van der Waals surface area contributed by atoms with Crippen molar-refractivity contribution in [2.45, 2.75) is 39.8 Å². The van der Waals surface area contributed by atoms with E-state index in [1.807, 2.05) is 19.1 Å². The molecule has 0 amide bonds. The smallest absolute Gasteiger partial charge is 0.215 e. The standard InChI is InChI=1S/C20H34N4O3S2/c1-5-17(3)27-19-14-16(2)6-7-18(19)15-23-20(21-4)22-8-13-29(25,26)24-9-11-28-12-10-24/h6-7,14,17H,5,8-13,15H2,1-4H3,(H2,21,22,23). The lowest BCUT2D eigenvalue weighted by molar-refractivity contribution is 0.215. The second-order valence-electron chi connectivity index (χ2n) is 7.13. The topological polar surface area (TPSA) is 83.0 Å². The van der Waals surface area contributed by atoms with Gasteiger partial charge in [0.25, 0.3) is 0 Å². The molecule has 2 rings (SSSR count). The van der Waals surface area contributed by atoms with Gasteiger partial charge in [-0.15, -0.1) is 0 Å². The summed E-state index contributed by atoms with van der Waals surface area (Å²) >= 11 is 1.80. The molecule has 7 nitrogen and oxygen atoms in total. The van der Waals surface area contributed by atoms with Crippen molar-refractivity contribution in [1.82, 2.24) is 14.9 Å². The van der Waals surface area contributed by atoms with E-state index in [9.17, 15) is 8.42 Å². The lowest BCUT2D eigenvalue weighted by Gasteiger charge is -2.25. The summed E-state index contributed by atoms with van der Waals surface area (Å²) in [6.07, 6.45) is 1.08. The molecular weight excluding hydrogens is 408 g/mol. The molecule has 1 saturated heterocycles. The summed E-state index contributed by atoms with van der Waals surface area (Å²) in [4.78, 5) is 4.20. The number of sulfonamides is 1. The summed E-state index contributed by atoms with van der Waals surface area (Å²) in [6, 6.07) is 6.15. The predicted octanol–water partition coefficient (Wildman–Crippen LogP) is 2.22. The highest BCUT2D eigenvalue weighted by atomic mass is 32.2. The second kappa shape index (κ2) is 11.7. The molecule has 1 aromatic rings. The van der Waals surface area contributed by atoms with Crippen molar-refractivity contribution in [2.24, 2.45) is 4.99 Å². The number of aryl methyl sites for hydroxylation is 1. The van der Waals surface area contributed by atoms with Crippen LogP contribution in [0.1, 0.15) is 31.4 Å². The minimum Gasteiger partial charge on any atom is -0.490 e. The van der Waals surface area contributed by atoms with Crippen LogP contribution in [0.4, 0.5) is 0 Å². The molecule has 1 fully saturated rings. The van der Waals surface area contributed by atoms with Gasteiger partial charge in [-0.3, -0.25) is 4.99 Å². The van der Waals surface area contributed by atoms with Gasteiger partial charge >= 0.3 is 0 Å². The molecule has 29 heavy (non-hydrogen) atoms. The highest BCUT2D eigenvalue weighted by molar-refractivity contribution is 7.99. The monoisotopic (exact) mass is 442 g/mol. The Morgan fingerprint density at radius 2 is 2.03 bits per heavy atom. The normalized spacial score (nSPS) is 17.0. The van der Waals surface area contributed by atoms with E-state index in [-0.39, 0.29) is 11.9 Å². The van der Waals surface area contributed by atoms with E-state index in [0.29, 0.717) is 32.1 Å². The zero-order valence-corrected chi connectivity index (χ0v) is 19.5. The van der Waals surface area contributed by atoms with E-state index in [2.05, 4.69) is 35.5 Å². The molecule has 1 unspecified atom stereocenters. The fraction of sp³-hybridized carbons (Fsp3) is 0.650. The number of nitrogens with zero attached hydrogens (tertiary/aromatic N) is 2. The number of guanidine groups is 1. The van der Waals surface area contributed by atoms with Gasteiger partial charge in [0, 0.05) is 50.3 Å². The Kier molecular flexibility index (Phi) is 9.58. The molecule has 1 aliphatic heterocycles. The fourth-order valence-corrected chi connectivity index (χ4v) is 5.36. The van der Waals surface area contributed by atoms with E-state index >= 15 is 0 Å². The van der Waals surface area contributed by atoms with Crippen LogP contribution in [-0.2, 0) is 16.6 Å². The molecule has 0 aromatic heterocycles. The van der Waals surface area contributed by atoms with E-state index < -0.39 is 10.0 Å². The number of aliphatic imine (C=N–C) groups is 1. The number of benzene rings is 1. The van der Waals surface area contributed by atoms with Gasteiger partial charge in [0.1, 0.15) is 5.75 Å². The third kappa shape index (κ3) is 7.71. The van der Waals surface area contributed by atoms with Crippen molar-refractivity contribution >= 4 is 27.7 Å². The molecule has 2 N–H and O–H groups in total. The van der Waals surface area contributed by atoms with Gasteiger partial charge in [-0.1, -0.05) is 19.1 Å². The SMILES string of the molecule is CCC(C)Oc1cc(C)ccc1CNC(=NC)NCCS(=O)(=O)N1CCSCC1. The molecule has 0 aliphatic carbocycles. The number of ether oxygens (including phenoxy) is 1. The van der Waals surface area contributed by atoms with Crippen LogP contribution in [0.2, 0.25) is 0 Å². The van der Waals surface area contributed by atoms with Crippen molar-refractivity contribution in [3.05, 3.63) is 29.3 Å². The predicted molar refractivity (Wildman–Crippen MR) is 122 cm³/mol. The number of hydrogen-bond acceptors (Lipinski definition) is 5. The summed E-state index contributed by atoms with van der Waals surface area (Å²) in [7, 11) is -1.55. The Morgan fingerprint density at radius 3 is 2.69 bits per heavy atom. The first-order valence-electron chi connectivity index (χ1n) is 10.1. The maximum atomic E-state index is 12.4. The number of nitrogens with one attached hydrogen (secondary N) is 2. The molecular formula is C20H34N4O3S2. The minimum absolute atomic E-state index is 0.0608. The molecule has 9 heteroatoms. The van der Waals surface area contributed by atoms with E-state index in [0.717, 1.165) is 34.8 Å². The average Bonchev–Trinajstić information content (AvgIpc) is 2.72. The summed E-state index contributed by atoms with van der Waals surface area (Å²) < 4.78 is 32.5. The Balaban J connectivity index is 1.87. The Bertz CT molecular complexity index is 778. The first-order valence-corrected chi connectivity index (χ1v) is 12.9. The van der Waals surface area contributed by atoms with Crippen LogP contribution >= 0.6 is 11.8 Å². The van der Waals surface area contributed by atoms with Gasteiger partial charge in [0.15, 0.2) is 5.96 Å². The van der Waals surface area contributed by atoms with Gasteiger partial charge in [-0.2, -0.15) is 11.8 Å². The fourth-order valence-electron chi connectivity index (χ4n) is 2.87. The quantitative estimate of drug-likeness (QED) is 0.451. The molecule has 0 spiro atoms. The van der Waals surface area contributed by atoms with Gasteiger partial charge in [-0.25, -0.2) is 12.7 Å². The molecule has 1 heterocycles.